The minimum absolute atomic E-state index is 0.0342. The summed E-state index contributed by atoms with van der Waals surface area (Å²) in [5, 5.41) is 7.53. The van der Waals surface area contributed by atoms with Crippen LogP contribution in [0.3, 0.4) is 0 Å². The second kappa shape index (κ2) is 14.0. The Kier molecular flexibility index (Phi) is 9.12. The van der Waals surface area contributed by atoms with Crippen molar-refractivity contribution in [1.29, 1.82) is 0 Å². The Morgan fingerprint density at radius 2 is 1.88 bits per heavy atom. The van der Waals surface area contributed by atoms with E-state index < -0.39 is 85.5 Å². The molecule has 0 fully saturated rings. The molecule has 2 aromatic carbocycles. The zero-order valence-electron chi connectivity index (χ0n) is 30.3. The third-order valence-electron chi connectivity index (χ3n) is 7.93. The summed E-state index contributed by atoms with van der Waals surface area (Å²) < 4.78 is 111. The van der Waals surface area contributed by atoms with E-state index in [1.807, 2.05) is 0 Å². The fraction of sp³-hybridized carbons (Fsp3) is 0.394. The molecular formula is C33H33ClF6N8O3. The molecule has 3 heterocycles. The maximum atomic E-state index is 15.9. The summed E-state index contributed by atoms with van der Waals surface area (Å²) in [5.74, 6) is -4.16. The van der Waals surface area contributed by atoms with Gasteiger partial charge in [0.1, 0.15) is 18.8 Å². The van der Waals surface area contributed by atoms with Crippen LogP contribution in [0.4, 0.5) is 26.3 Å². The Balaban J connectivity index is 1.60. The largest absolute Gasteiger partial charge is 0.463 e. The van der Waals surface area contributed by atoms with E-state index in [1.165, 1.54) is 36.5 Å². The first kappa shape index (κ1) is 33.2. The van der Waals surface area contributed by atoms with E-state index in [1.54, 1.807) is 20.8 Å². The van der Waals surface area contributed by atoms with Crippen LogP contribution in [0, 0.1) is 11.2 Å². The number of amides is 1. The van der Waals surface area contributed by atoms with Crippen LogP contribution in [0.5, 0.6) is 0 Å². The van der Waals surface area contributed by atoms with Gasteiger partial charge in [-0.3, -0.25) is 19.2 Å². The molecule has 5 rings (SSSR count). The molecule has 0 saturated carbocycles. The number of benzene rings is 2. The summed E-state index contributed by atoms with van der Waals surface area (Å²) >= 11 is 6.37. The van der Waals surface area contributed by atoms with Crippen LogP contribution in [-0.4, -0.2) is 60.1 Å². The second-order valence-corrected chi connectivity index (χ2v) is 13.4. The SMILES string of the molecule is [2H]C([2H])([2H])n1cc(-c2ccc([C@@]3(CC(C)(C)C)N=C(N)N([C@H](COC(=O)CCC(F)(F)F)c4ccc(Cl)c(-n5ncnc5C(F)F)c4)C3=O)cc2F)cn1. The Morgan fingerprint density at radius 3 is 2.51 bits per heavy atom. The third-order valence-corrected chi connectivity index (χ3v) is 8.25. The molecule has 2 atom stereocenters. The summed E-state index contributed by atoms with van der Waals surface area (Å²) in [5.41, 5.74) is 3.94. The number of ether oxygens (including phenoxy) is 1. The van der Waals surface area contributed by atoms with Crippen LogP contribution in [0.1, 0.15) is 73.6 Å². The number of hydrogen-bond acceptors (Lipinski definition) is 8. The van der Waals surface area contributed by atoms with Gasteiger partial charge in [-0.15, -0.1) is 0 Å². The number of esters is 1. The maximum Gasteiger partial charge on any atom is 0.389 e. The molecule has 4 aromatic rings. The molecule has 18 heteroatoms. The standard InChI is InChI=1S/C33H33ClF6N8O3/c1-31(2,3)16-32(20-6-7-21(23(35)12-20)19-13-43-46(4)14-19)29(50)47(30(41)45-32)25(15-51-26(49)9-10-33(38,39)40)18-5-8-22(34)24(11-18)48-28(27(36)37)42-17-44-48/h5-8,11-14,17,25,27H,9-10,15-16H2,1-4H3,(H2,41,45)/t25-,32-/m1/s1/i4D3. The number of guanidine groups is 1. The Morgan fingerprint density at radius 1 is 1.14 bits per heavy atom. The van der Waals surface area contributed by atoms with Crippen LogP contribution < -0.4 is 5.73 Å². The lowest BCUT2D eigenvalue weighted by atomic mass is 9.75. The van der Waals surface area contributed by atoms with Gasteiger partial charge in [0.2, 0.25) is 0 Å². The predicted octanol–water partition coefficient (Wildman–Crippen LogP) is 6.81. The monoisotopic (exact) mass is 741 g/mol. The van der Waals surface area contributed by atoms with Gasteiger partial charge in [0.25, 0.3) is 12.3 Å². The van der Waals surface area contributed by atoms with Gasteiger partial charge in [-0.05, 0) is 41.2 Å². The second-order valence-electron chi connectivity index (χ2n) is 13.0. The lowest BCUT2D eigenvalue weighted by Crippen LogP contribution is -2.47. The van der Waals surface area contributed by atoms with Crippen LogP contribution in [0.2, 0.25) is 5.02 Å². The molecule has 1 aliphatic heterocycles. The quantitative estimate of drug-likeness (QED) is 0.132. The van der Waals surface area contributed by atoms with Crippen LogP contribution in [0.25, 0.3) is 16.8 Å². The van der Waals surface area contributed by atoms with Crippen LogP contribution in [-0.2, 0) is 26.8 Å². The van der Waals surface area contributed by atoms with Gasteiger partial charge in [-0.2, -0.15) is 23.4 Å². The molecule has 2 N–H and O–H groups in total. The number of aliphatic imine (C=N–C) groups is 1. The molecule has 0 aliphatic carbocycles. The third kappa shape index (κ3) is 8.02. The van der Waals surface area contributed by atoms with E-state index in [2.05, 4.69) is 20.2 Å². The van der Waals surface area contributed by atoms with E-state index in [4.69, 9.17) is 26.2 Å². The van der Waals surface area contributed by atoms with Crippen molar-refractivity contribution in [3.8, 4) is 16.8 Å². The number of nitrogens with zero attached hydrogens (tertiary/aromatic N) is 7. The van der Waals surface area contributed by atoms with E-state index in [0.717, 1.165) is 28.2 Å². The highest BCUT2D eigenvalue weighted by atomic mass is 35.5. The highest BCUT2D eigenvalue weighted by molar-refractivity contribution is 6.32. The lowest BCUT2D eigenvalue weighted by molar-refractivity contribution is -0.158. The van der Waals surface area contributed by atoms with Crippen molar-refractivity contribution in [2.75, 3.05) is 6.61 Å². The first-order chi connectivity index (χ1) is 25.0. The Labute approximate surface area is 297 Å². The van der Waals surface area contributed by atoms with Crippen molar-refractivity contribution < 1.29 is 44.8 Å². The van der Waals surface area contributed by atoms with Crippen LogP contribution in [0.15, 0.2) is 60.1 Å². The molecule has 1 aliphatic rings. The van der Waals surface area contributed by atoms with Gasteiger partial charge in [-0.25, -0.2) is 27.8 Å². The predicted molar refractivity (Wildman–Crippen MR) is 173 cm³/mol. The van der Waals surface area contributed by atoms with E-state index in [9.17, 15) is 31.5 Å². The van der Waals surface area contributed by atoms with Gasteiger partial charge >= 0.3 is 12.1 Å². The first-order valence-electron chi connectivity index (χ1n) is 16.8. The minimum Gasteiger partial charge on any atom is -0.463 e. The number of alkyl halides is 5. The minimum atomic E-state index is -4.67. The summed E-state index contributed by atoms with van der Waals surface area (Å²) in [7, 11) is 0. The number of hydrogen-bond donors (Lipinski definition) is 1. The van der Waals surface area contributed by atoms with Gasteiger partial charge in [0.15, 0.2) is 17.3 Å². The number of carbonyl (C=O) groups excluding carboxylic acids is 2. The topological polar surface area (TPSA) is 134 Å². The van der Waals surface area contributed by atoms with E-state index in [0.29, 0.717) is 4.68 Å². The fourth-order valence-electron chi connectivity index (χ4n) is 5.83. The van der Waals surface area contributed by atoms with Crippen molar-refractivity contribution in [2.24, 2.45) is 23.1 Å². The fourth-order valence-corrected chi connectivity index (χ4v) is 6.03. The average Bonchev–Trinajstić information content (AvgIpc) is 3.80. The molecule has 0 bridgehead atoms. The Hall–Kier alpha value is -4.93. The van der Waals surface area contributed by atoms with Crippen molar-refractivity contribution in [1.82, 2.24) is 29.4 Å². The average molecular weight is 742 g/mol. The number of rotatable bonds is 11. The molecule has 272 valence electrons. The smallest absolute Gasteiger partial charge is 0.389 e. The van der Waals surface area contributed by atoms with Gasteiger partial charge in [0.05, 0.1) is 35.8 Å². The molecule has 11 nitrogen and oxygen atoms in total. The number of nitrogens with two attached hydrogens (primary N) is 1. The van der Waals surface area contributed by atoms with Crippen LogP contribution >= 0.6 is 11.6 Å². The van der Waals surface area contributed by atoms with Crippen molar-refractivity contribution in [3.05, 3.63) is 82.9 Å². The number of aromatic nitrogens is 5. The number of aryl methyl sites for hydroxylation is 1. The van der Waals surface area contributed by atoms with Gasteiger partial charge < -0.3 is 10.5 Å². The maximum absolute atomic E-state index is 15.9. The lowest BCUT2D eigenvalue weighted by Gasteiger charge is -2.35. The first-order valence-corrected chi connectivity index (χ1v) is 15.6. The van der Waals surface area contributed by atoms with Crippen molar-refractivity contribution in [2.45, 2.75) is 64.2 Å². The summed E-state index contributed by atoms with van der Waals surface area (Å²) in [4.78, 5) is 36.4. The molecular weight excluding hydrogens is 706 g/mol. The number of halogens is 7. The van der Waals surface area contributed by atoms with Gasteiger partial charge in [-0.1, -0.05) is 50.6 Å². The molecule has 51 heavy (non-hydrogen) atoms. The van der Waals surface area contributed by atoms with E-state index >= 15 is 4.39 Å². The highest BCUT2D eigenvalue weighted by Gasteiger charge is 2.53. The molecule has 0 spiro atoms. The molecule has 0 saturated heterocycles. The normalized spacial score (nSPS) is 18.4. The zero-order valence-corrected chi connectivity index (χ0v) is 28.0. The van der Waals surface area contributed by atoms with Crippen molar-refractivity contribution >= 4 is 29.4 Å². The van der Waals surface area contributed by atoms with Crippen molar-refractivity contribution in [3.63, 3.8) is 0 Å². The zero-order chi connectivity index (χ0) is 40.0. The summed E-state index contributed by atoms with van der Waals surface area (Å²) in [6.07, 6.45) is -7.17. The number of carbonyl (C=O) groups is 2. The van der Waals surface area contributed by atoms with E-state index in [-0.39, 0.29) is 39.4 Å². The molecule has 0 radical (unpaired) electrons. The molecule has 0 unspecified atom stereocenters. The Bertz CT molecular complexity index is 2080. The summed E-state index contributed by atoms with van der Waals surface area (Å²) in [6.45, 7) is 1.97. The molecule has 2 aromatic heterocycles. The molecule has 1 amide bonds. The highest BCUT2D eigenvalue weighted by Crippen LogP contribution is 2.46. The van der Waals surface area contributed by atoms with Gasteiger partial charge in [0, 0.05) is 28.4 Å². The summed E-state index contributed by atoms with van der Waals surface area (Å²) in [6, 6.07) is 6.24.